The Kier molecular flexibility index (Phi) is 9.80. The van der Waals surface area contributed by atoms with E-state index in [2.05, 4.69) is 20.7 Å². The topological polar surface area (TPSA) is 92.3 Å². The minimum absolute atomic E-state index is 0.0521. The number of ether oxygens (including phenoxy) is 2. The Morgan fingerprint density at radius 2 is 1.65 bits per heavy atom. The van der Waals surface area contributed by atoms with E-state index in [1.54, 1.807) is 30.5 Å². The summed E-state index contributed by atoms with van der Waals surface area (Å²) < 4.78 is 10.9. The maximum Gasteiger partial charge on any atom is 0.271 e. The zero-order chi connectivity index (χ0) is 25.7. The molecule has 1 fully saturated rings. The second-order valence-electron chi connectivity index (χ2n) is 8.73. The third kappa shape index (κ3) is 8.86. The SMILES string of the molecule is O=C(COc1ccc(/C=N\NC(=O)c2ccc(CN3CCOCC3)cc2)cc1)NCCc1ccccc1. The number of hydrogen-bond acceptors (Lipinski definition) is 6. The van der Waals surface area contributed by atoms with E-state index in [0.29, 0.717) is 17.9 Å². The Morgan fingerprint density at radius 3 is 2.38 bits per heavy atom. The van der Waals surface area contributed by atoms with E-state index in [4.69, 9.17) is 9.47 Å². The zero-order valence-electron chi connectivity index (χ0n) is 20.8. The van der Waals surface area contributed by atoms with Crippen molar-refractivity contribution in [3.8, 4) is 5.75 Å². The smallest absolute Gasteiger partial charge is 0.271 e. The molecule has 3 aromatic carbocycles. The summed E-state index contributed by atoms with van der Waals surface area (Å²) in [5, 5.41) is 6.90. The first kappa shape index (κ1) is 26.1. The molecule has 192 valence electrons. The summed E-state index contributed by atoms with van der Waals surface area (Å²) in [7, 11) is 0. The Bertz CT molecular complexity index is 1160. The van der Waals surface area contributed by atoms with Crippen LogP contribution in [0.4, 0.5) is 0 Å². The number of hydrogen-bond donors (Lipinski definition) is 2. The van der Waals surface area contributed by atoms with E-state index >= 15 is 0 Å². The highest BCUT2D eigenvalue weighted by molar-refractivity contribution is 5.94. The van der Waals surface area contributed by atoms with E-state index in [1.807, 2.05) is 54.6 Å². The van der Waals surface area contributed by atoms with Gasteiger partial charge in [0.1, 0.15) is 5.75 Å². The molecule has 0 aliphatic carbocycles. The summed E-state index contributed by atoms with van der Waals surface area (Å²) in [6.45, 7) is 4.74. The van der Waals surface area contributed by atoms with Gasteiger partial charge in [-0.25, -0.2) is 5.43 Å². The van der Waals surface area contributed by atoms with E-state index in [-0.39, 0.29) is 18.4 Å². The zero-order valence-corrected chi connectivity index (χ0v) is 20.8. The summed E-state index contributed by atoms with van der Waals surface area (Å²) in [4.78, 5) is 26.7. The molecule has 0 unspecified atom stereocenters. The van der Waals surface area contributed by atoms with Crippen LogP contribution in [-0.4, -0.2) is 62.4 Å². The number of morpholine rings is 1. The van der Waals surface area contributed by atoms with Gasteiger partial charge in [0.15, 0.2) is 6.61 Å². The van der Waals surface area contributed by atoms with Gasteiger partial charge >= 0.3 is 0 Å². The van der Waals surface area contributed by atoms with Crippen LogP contribution in [0.2, 0.25) is 0 Å². The van der Waals surface area contributed by atoms with Gasteiger partial charge in [0, 0.05) is 31.7 Å². The fourth-order valence-corrected chi connectivity index (χ4v) is 3.85. The largest absolute Gasteiger partial charge is 0.484 e. The predicted octanol–water partition coefficient (Wildman–Crippen LogP) is 3.02. The highest BCUT2D eigenvalue weighted by Crippen LogP contribution is 2.12. The third-order valence-electron chi connectivity index (χ3n) is 5.93. The molecule has 0 bridgehead atoms. The molecule has 0 atom stereocenters. The van der Waals surface area contributed by atoms with Crippen LogP contribution in [0.3, 0.4) is 0 Å². The number of nitrogens with zero attached hydrogens (tertiary/aromatic N) is 2. The first-order chi connectivity index (χ1) is 18.2. The number of carbonyl (C=O) groups excluding carboxylic acids is 2. The Balaban J connectivity index is 1.15. The number of amides is 2. The van der Waals surface area contributed by atoms with Crippen LogP contribution in [0.25, 0.3) is 0 Å². The van der Waals surface area contributed by atoms with Gasteiger partial charge in [-0.15, -0.1) is 0 Å². The van der Waals surface area contributed by atoms with Crippen LogP contribution < -0.4 is 15.5 Å². The molecule has 1 aliphatic heterocycles. The van der Waals surface area contributed by atoms with Gasteiger partial charge in [0.05, 0.1) is 19.4 Å². The fraction of sp³-hybridized carbons (Fsp3) is 0.276. The second kappa shape index (κ2) is 13.9. The van der Waals surface area contributed by atoms with E-state index < -0.39 is 0 Å². The molecule has 1 aliphatic rings. The number of hydrazone groups is 1. The normalized spacial score (nSPS) is 13.8. The molecule has 4 rings (SSSR count). The molecule has 0 saturated carbocycles. The van der Waals surface area contributed by atoms with E-state index in [1.165, 1.54) is 5.56 Å². The van der Waals surface area contributed by atoms with Gasteiger partial charge in [-0.2, -0.15) is 5.10 Å². The van der Waals surface area contributed by atoms with E-state index in [9.17, 15) is 9.59 Å². The van der Waals surface area contributed by atoms with Crippen molar-refractivity contribution in [1.82, 2.24) is 15.6 Å². The minimum atomic E-state index is -0.271. The number of carbonyl (C=O) groups is 2. The van der Waals surface area contributed by atoms with Gasteiger partial charge in [-0.1, -0.05) is 42.5 Å². The highest BCUT2D eigenvalue weighted by Gasteiger charge is 2.11. The summed E-state index contributed by atoms with van der Waals surface area (Å²) in [5.41, 5.74) is 6.23. The predicted molar refractivity (Wildman–Crippen MR) is 143 cm³/mol. The third-order valence-corrected chi connectivity index (χ3v) is 5.93. The van der Waals surface area contributed by atoms with Crippen molar-refractivity contribution in [3.63, 3.8) is 0 Å². The highest BCUT2D eigenvalue weighted by atomic mass is 16.5. The van der Waals surface area contributed by atoms with Crippen LogP contribution >= 0.6 is 0 Å². The van der Waals surface area contributed by atoms with Crippen molar-refractivity contribution in [2.75, 3.05) is 39.5 Å². The minimum Gasteiger partial charge on any atom is -0.484 e. The van der Waals surface area contributed by atoms with Crippen molar-refractivity contribution in [2.45, 2.75) is 13.0 Å². The van der Waals surface area contributed by atoms with Gasteiger partial charge < -0.3 is 14.8 Å². The molecular weight excluding hydrogens is 468 g/mol. The van der Waals surface area contributed by atoms with Gasteiger partial charge in [0.25, 0.3) is 11.8 Å². The van der Waals surface area contributed by atoms with Crippen LogP contribution in [0.1, 0.15) is 27.0 Å². The summed E-state index contributed by atoms with van der Waals surface area (Å²) >= 11 is 0. The van der Waals surface area contributed by atoms with Crippen molar-refractivity contribution in [2.24, 2.45) is 5.10 Å². The van der Waals surface area contributed by atoms with Crippen molar-refractivity contribution < 1.29 is 19.1 Å². The van der Waals surface area contributed by atoms with Crippen molar-refractivity contribution in [3.05, 3.63) is 101 Å². The Labute approximate surface area is 217 Å². The molecule has 1 heterocycles. The number of rotatable bonds is 11. The molecule has 2 N–H and O–H groups in total. The molecule has 0 spiro atoms. The van der Waals surface area contributed by atoms with Gasteiger partial charge in [-0.3, -0.25) is 14.5 Å². The quantitative estimate of drug-likeness (QED) is 0.312. The maximum absolute atomic E-state index is 12.4. The van der Waals surface area contributed by atoms with Crippen LogP contribution in [0.5, 0.6) is 5.75 Å². The standard InChI is InChI=1S/C29H32N4O4/c34-28(30-15-14-23-4-2-1-3-5-23)22-37-27-12-8-24(9-13-27)20-31-32-29(35)26-10-6-25(7-11-26)21-33-16-18-36-19-17-33/h1-13,20H,14-19,21-22H2,(H,30,34)(H,32,35)/b31-20-. The fourth-order valence-electron chi connectivity index (χ4n) is 3.85. The first-order valence-electron chi connectivity index (χ1n) is 12.4. The van der Waals surface area contributed by atoms with Crippen molar-refractivity contribution in [1.29, 1.82) is 0 Å². The Hall–Kier alpha value is -4.01. The number of nitrogens with one attached hydrogen (secondary N) is 2. The van der Waals surface area contributed by atoms with Gasteiger partial charge in [-0.05, 0) is 59.5 Å². The molecule has 8 heteroatoms. The lowest BCUT2D eigenvalue weighted by atomic mass is 10.1. The first-order valence-corrected chi connectivity index (χ1v) is 12.4. The maximum atomic E-state index is 12.4. The molecule has 37 heavy (non-hydrogen) atoms. The summed E-state index contributed by atoms with van der Waals surface area (Å²) in [5.74, 6) is 0.141. The second-order valence-corrected chi connectivity index (χ2v) is 8.73. The number of benzene rings is 3. The average molecular weight is 501 g/mol. The molecule has 1 saturated heterocycles. The lowest BCUT2D eigenvalue weighted by Crippen LogP contribution is -2.35. The molecule has 3 aromatic rings. The molecule has 8 nitrogen and oxygen atoms in total. The lowest BCUT2D eigenvalue weighted by molar-refractivity contribution is -0.123. The Morgan fingerprint density at radius 1 is 0.919 bits per heavy atom. The monoisotopic (exact) mass is 500 g/mol. The van der Waals surface area contributed by atoms with Crippen LogP contribution in [-0.2, 0) is 22.5 Å². The van der Waals surface area contributed by atoms with Gasteiger partial charge in [0.2, 0.25) is 0 Å². The summed E-state index contributed by atoms with van der Waals surface area (Å²) in [6.07, 6.45) is 2.34. The molecular formula is C29H32N4O4. The van der Waals surface area contributed by atoms with Crippen molar-refractivity contribution >= 4 is 18.0 Å². The molecule has 0 radical (unpaired) electrons. The average Bonchev–Trinajstić information content (AvgIpc) is 2.94. The molecule has 2 amide bonds. The van der Waals surface area contributed by atoms with E-state index in [0.717, 1.165) is 50.4 Å². The molecule has 0 aromatic heterocycles. The van der Waals surface area contributed by atoms with Crippen LogP contribution in [0, 0.1) is 0 Å². The summed E-state index contributed by atoms with van der Waals surface area (Å²) in [6, 6.07) is 24.7. The lowest BCUT2D eigenvalue weighted by Gasteiger charge is -2.26. The van der Waals surface area contributed by atoms with Crippen LogP contribution in [0.15, 0.2) is 84.0 Å².